The maximum Gasteiger partial charge on any atom is 0.338 e. The maximum atomic E-state index is 13.3. The zero-order valence-corrected chi connectivity index (χ0v) is 11.5. The Bertz CT molecular complexity index is 605. The van der Waals surface area contributed by atoms with Crippen LogP contribution in [0, 0.1) is 5.82 Å². The molecule has 0 aliphatic carbocycles. The van der Waals surface area contributed by atoms with E-state index in [1.54, 1.807) is 0 Å². The van der Waals surface area contributed by atoms with Crippen molar-refractivity contribution in [2.75, 3.05) is 12.4 Å². The highest BCUT2D eigenvalue weighted by atomic mass is 32.2. The molecule has 0 radical (unpaired) electrons. The lowest BCUT2D eigenvalue weighted by molar-refractivity contribution is 0.0305. The number of aromatic carboxylic acids is 1. The Kier molecular flexibility index (Phi) is 4.39. The minimum absolute atomic E-state index is 0.189. The van der Waals surface area contributed by atoms with Gasteiger partial charge in [-0.25, -0.2) is 17.6 Å². The van der Waals surface area contributed by atoms with Crippen LogP contribution in [0.5, 0.6) is 0 Å². The average molecular weight is 302 g/mol. The summed E-state index contributed by atoms with van der Waals surface area (Å²) in [6.45, 7) is 0.532. The van der Waals surface area contributed by atoms with Crippen LogP contribution in [0.2, 0.25) is 0 Å². The molecule has 1 aliphatic rings. The number of carbonyl (C=O) groups is 1. The van der Waals surface area contributed by atoms with Crippen LogP contribution in [0.4, 0.5) is 4.39 Å². The van der Waals surface area contributed by atoms with Gasteiger partial charge in [-0.3, -0.25) is 0 Å². The lowest BCUT2D eigenvalue weighted by Crippen LogP contribution is -2.27. The molecule has 1 N–H and O–H groups in total. The second-order valence-electron chi connectivity index (χ2n) is 4.72. The summed E-state index contributed by atoms with van der Waals surface area (Å²) in [4.78, 5) is 10.6. The van der Waals surface area contributed by atoms with Gasteiger partial charge in [0.15, 0.2) is 9.84 Å². The fourth-order valence-electron chi connectivity index (χ4n) is 2.14. The third kappa shape index (κ3) is 3.34. The van der Waals surface area contributed by atoms with E-state index in [-0.39, 0.29) is 16.8 Å². The molecule has 20 heavy (non-hydrogen) atoms. The molecule has 1 fully saturated rings. The van der Waals surface area contributed by atoms with Gasteiger partial charge in [0, 0.05) is 6.61 Å². The molecule has 1 saturated heterocycles. The molecule has 5 nitrogen and oxygen atoms in total. The fourth-order valence-corrected chi connectivity index (χ4v) is 3.66. The van der Waals surface area contributed by atoms with Crippen LogP contribution in [0.1, 0.15) is 29.6 Å². The number of carboxylic acids is 1. The number of sulfone groups is 1. The van der Waals surface area contributed by atoms with Gasteiger partial charge in [-0.1, -0.05) is 0 Å². The number of carboxylic acid groups (broad SMARTS) is 1. The summed E-state index contributed by atoms with van der Waals surface area (Å²) in [6, 6.07) is 2.80. The molecule has 0 aromatic heterocycles. The molecule has 2 rings (SSSR count). The summed E-state index contributed by atoms with van der Waals surface area (Å²) >= 11 is 0. The number of rotatable bonds is 4. The van der Waals surface area contributed by atoms with Crippen LogP contribution >= 0.6 is 0 Å². The fraction of sp³-hybridized carbons (Fsp3) is 0.462. The Hall–Kier alpha value is -1.47. The molecular weight excluding hydrogens is 287 g/mol. The molecule has 1 aromatic rings. The highest BCUT2D eigenvalue weighted by Crippen LogP contribution is 2.21. The molecular formula is C13H15FO5S. The van der Waals surface area contributed by atoms with Crippen LogP contribution in [0.3, 0.4) is 0 Å². The van der Waals surface area contributed by atoms with Crippen molar-refractivity contribution in [2.24, 2.45) is 0 Å². The van der Waals surface area contributed by atoms with Crippen molar-refractivity contribution < 1.29 is 27.4 Å². The van der Waals surface area contributed by atoms with Gasteiger partial charge in [0.1, 0.15) is 5.82 Å². The zero-order chi connectivity index (χ0) is 14.8. The molecule has 0 spiro atoms. The summed E-state index contributed by atoms with van der Waals surface area (Å²) in [6.07, 6.45) is 2.10. The van der Waals surface area contributed by atoms with E-state index in [9.17, 15) is 17.6 Å². The lowest BCUT2D eigenvalue weighted by Gasteiger charge is -2.22. The number of halogens is 1. The van der Waals surface area contributed by atoms with Crippen molar-refractivity contribution in [2.45, 2.75) is 30.3 Å². The molecule has 0 saturated carbocycles. The van der Waals surface area contributed by atoms with Crippen molar-refractivity contribution in [1.29, 1.82) is 0 Å². The van der Waals surface area contributed by atoms with Crippen molar-refractivity contribution >= 4 is 15.8 Å². The monoisotopic (exact) mass is 302 g/mol. The number of benzene rings is 1. The third-order valence-electron chi connectivity index (χ3n) is 3.21. The van der Waals surface area contributed by atoms with Crippen molar-refractivity contribution in [1.82, 2.24) is 0 Å². The van der Waals surface area contributed by atoms with Crippen molar-refractivity contribution in [3.8, 4) is 0 Å². The van der Waals surface area contributed by atoms with E-state index in [1.165, 1.54) is 0 Å². The summed E-state index contributed by atoms with van der Waals surface area (Å²) in [5, 5.41) is 8.82. The first-order valence-electron chi connectivity index (χ1n) is 6.27. The predicted octanol–water partition coefficient (Wildman–Crippen LogP) is 1.87. The lowest BCUT2D eigenvalue weighted by atomic mass is 10.1. The van der Waals surface area contributed by atoms with Crippen molar-refractivity contribution in [3.05, 3.63) is 29.6 Å². The van der Waals surface area contributed by atoms with Gasteiger partial charge >= 0.3 is 5.97 Å². The second-order valence-corrected chi connectivity index (χ2v) is 6.75. The Morgan fingerprint density at radius 1 is 1.40 bits per heavy atom. The molecule has 110 valence electrons. The summed E-state index contributed by atoms with van der Waals surface area (Å²) in [7, 11) is -3.69. The minimum Gasteiger partial charge on any atom is -0.478 e. The average Bonchev–Trinajstić information content (AvgIpc) is 2.39. The molecule has 7 heteroatoms. The van der Waals surface area contributed by atoms with Crippen LogP contribution in [0.25, 0.3) is 0 Å². The van der Waals surface area contributed by atoms with Gasteiger partial charge in [-0.05, 0) is 37.5 Å². The number of ether oxygens (including phenoxy) is 1. The van der Waals surface area contributed by atoms with Gasteiger partial charge in [-0.2, -0.15) is 0 Å². The predicted molar refractivity (Wildman–Crippen MR) is 69.0 cm³/mol. The van der Waals surface area contributed by atoms with E-state index >= 15 is 0 Å². The van der Waals surface area contributed by atoms with E-state index in [2.05, 4.69) is 0 Å². The quantitative estimate of drug-likeness (QED) is 0.859. The standard InChI is InChI=1S/C13H15FO5S/c14-12-5-4-10(7-11(12)13(15)16)20(17,18)8-9-3-1-2-6-19-9/h4-5,7,9H,1-3,6,8H2,(H,15,16). The van der Waals surface area contributed by atoms with Crippen LogP contribution in [0.15, 0.2) is 23.1 Å². The van der Waals surface area contributed by atoms with Crippen LogP contribution in [-0.4, -0.2) is 38.0 Å². The van der Waals surface area contributed by atoms with Gasteiger partial charge < -0.3 is 9.84 Å². The highest BCUT2D eigenvalue weighted by Gasteiger charge is 2.25. The van der Waals surface area contributed by atoms with Crippen LogP contribution in [-0.2, 0) is 14.6 Å². The first kappa shape index (κ1) is 14.9. The Morgan fingerprint density at radius 2 is 2.15 bits per heavy atom. The first-order chi connectivity index (χ1) is 9.40. The Labute approximate surface area is 116 Å². The SMILES string of the molecule is O=C(O)c1cc(S(=O)(=O)CC2CCCCO2)ccc1F. The largest absolute Gasteiger partial charge is 0.478 e. The first-order valence-corrected chi connectivity index (χ1v) is 7.92. The van der Waals surface area contributed by atoms with E-state index in [1.807, 2.05) is 0 Å². The normalized spacial score (nSPS) is 19.8. The Balaban J connectivity index is 2.24. The Morgan fingerprint density at radius 3 is 2.75 bits per heavy atom. The van der Waals surface area contributed by atoms with Crippen LogP contribution < -0.4 is 0 Å². The molecule has 1 aliphatic heterocycles. The minimum atomic E-state index is -3.69. The highest BCUT2D eigenvalue weighted by molar-refractivity contribution is 7.91. The molecule has 1 aromatic carbocycles. The van der Waals surface area contributed by atoms with E-state index < -0.39 is 27.2 Å². The zero-order valence-electron chi connectivity index (χ0n) is 10.7. The van der Waals surface area contributed by atoms with Gasteiger partial charge in [0.25, 0.3) is 0 Å². The van der Waals surface area contributed by atoms with E-state index in [0.29, 0.717) is 13.0 Å². The van der Waals surface area contributed by atoms with Gasteiger partial charge in [0.05, 0.1) is 22.3 Å². The number of hydrogen-bond donors (Lipinski definition) is 1. The van der Waals surface area contributed by atoms with E-state index in [0.717, 1.165) is 31.0 Å². The summed E-state index contributed by atoms with van der Waals surface area (Å²) < 4.78 is 43.0. The molecule has 1 heterocycles. The van der Waals surface area contributed by atoms with E-state index in [4.69, 9.17) is 9.84 Å². The summed E-state index contributed by atoms with van der Waals surface area (Å²) in [5.41, 5.74) is -0.643. The molecule has 1 atom stereocenters. The van der Waals surface area contributed by atoms with Crippen molar-refractivity contribution in [3.63, 3.8) is 0 Å². The summed E-state index contributed by atoms with van der Waals surface area (Å²) in [5.74, 6) is -2.66. The number of hydrogen-bond acceptors (Lipinski definition) is 4. The smallest absolute Gasteiger partial charge is 0.338 e. The second kappa shape index (κ2) is 5.88. The topological polar surface area (TPSA) is 80.7 Å². The van der Waals surface area contributed by atoms with Gasteiger partial charge in [-0.15, -0.1) is 0 Å². The van der Waals surface area contributed by atoms with Gasteiger partial charge in [0.2, 0.25) is 0 Å². The molecule has 1 unspecified atom stereocenters. The molecule has 0 amide bonds. The third-order valence-corrected chi connectivity index (χ3v) is 4.99. The maximum absolute atomic E-state index is 13.3. The molecule has 0 bridgehead atoms.